The number of hydrogen-bond donors (Lipinski definition) is 3. The second kappa shape index (κ2) is 4.72. The van der Waals surface area contributed by atoms with Crippen molar-refractivity contribution in [3.63, 3.8) is 0 Å². The first-order valence-corrected chi connectivity index (χ1v) is 6.62. The molecule has 1 aromatic rings. The number of aliphatic carboxylic acids is 1. The summed E-state index contributed by atoms with van der Waals surface area (Å²) < 4.78 is 23.0. The number of nitrogens with two attached hydrogens (primary N) is 1. The van der Waals surface area contributed by atoms with Crippen molar-refractivity contribution >= 4 is 15.8 Å². The monoisotopic (exact) mass is 259 g/mol. The van der Waals surface area contributed by atoms with Gasteiger partial charge < -0.3 is 15.9 Å². The van der Waals surface area contributed by atoms with Crippen LogP contribution in [0, 0.1) is 0 Å². The highest BCUT2D eigenvalue weighted by Crippen LogP contribution is 2.30. The largest absolute Gasteiger partial charge is 0.507 e. The molecule has 0 amide bonds. The first-order valence-electron chi connectivity index (χ1n) is 4.72. The van der Waals surface area contributed by atoms with E-state index in [0.717, 1.165) is 6.26 Å². The van der Waals surface area contributed by atoms with Crippen LogP contribution in [-0.4, -0.2) is 30.9 Å². The van der Waals surface area contributed by atoms with Gasteiger partial charge in [0.1, 0.15) is 10.6 Å². The van der Waals surface area contributed by atoms with Gasteiger partial charge in [-0.25, -0.2) is 8.42 Å². The Hall–Kier alpha value is -1.60. The van der Waals surface area contributed by atoms with E-state index in [-0.39, 0.29) is 10.5 Å². The Morgan fingerprint density at radius 2 is 2.06 bits per heavy atom. The lowest BCUT2D eigenvalue weighted by atomic mass is 10.0. The third-order valence-corrected chi connectivity index (χ3v) is 3.38. The molecule has 0 aliphatic rings. The molecule has 0 aliphatic carbocycles. The molecule has 6 nitrogen and oxygen atoms in total. The summed E-state index contributed by atoms with van der Waals surface area (Å²) >= 11 is 0. The molecule has 0 aromatic heterocycles. The van der Waals surface area contributed by atoms with Crippen molar-refractivity contribution in [1.82, 2.24) is 0 Å². The molecular formula is C10H13NO5S. The van der Waals surface area contributed by atoms with Crippen molar-refractivity contribution in [3.8, 4) is 5.75 Å². The highest BCUT2D eigenvalue weighted by atomic mass is 32.2. The number of rotatable bonds is 4. The zero-order chi connectivity index (χ0) is 13.2. The van der Waals surface area contributed by atoms with Gasteiger partial charge in [-0.1, -0.05) is 12.1 Å². The van der Waals surface area contributed by atoms with Crippen LogP contribution in [0.3, 0.4) is 0 Å². The Balaban J connectivity index is 3.34. The fourth-order valence-corrected chi connectivity index (χ4v) is 2.63. The number of carboxylic acids is 1. The SMILES string of the molecule is CS(=O)(=O)c1c(O)cccc1C(N)CC(=O)O. The Bertz CT molecular complexity index is 538. The van der Waals surface area contributed by atoms with Crippen molar-refractivity contribution in [2.45, 2.75) is 17.4 Å². The van der Waals surface area contributed by atoms with Gasteiger partial charge in [-0.2, -0.15) is 0 Å². The van der Waals surface area contributed by atoms with Gasteiger partial charge in [0.25, 0.3) is 0 Å². The number of sulfone groups is 1. The highest BCUT2D eigenvalue weighted by molar-refractivity contribution is 7.90. The van der Waals surface area contributed by atoms with Gasteiger partial charge in [-0.3, -0.25) is 4.79 Å². The Morgan fingerprint density at radius 1 is 1.47 bits per heavy atom. The summed E-state index contributed by atoms with van der Waals surface area (Å²) in [5.41, 5.74) is 5.71. The van der Waals surface area contributed by atoms with Crippen molar-refractivity contribution < 1.29 is 23.4 Å². The maximum Gasteiger partial charge on any atom is 0.305 e. The molecule has 94 valence electrons. The number of hydrogen-bond acceptors (Lipinski definition) is 5. The van der Waals surface area contributed by atoms with Gasteiger partial charge in [0.05, 0.1) is 6.42 Å². The van der Waals surface area contributed by atoms with E-state index in [1.165, 1.54) is 18.2 Å². The highest BCUT2D eigenvalue weighted by Gasteiger charge is 2.23. The van der Waals surface area contributed by atoms with Crippen LogP contribution in [0.25, 0.3) is 0 Å². The summed E-state index contributed by atoms with van der Waals surface area (Å²) in [6.45, 7) is 0. The number of aromatic hydroxyl groups is 1. The quantitative estimate of drug-likeness (QED) is 0.714. The summed E-state index contributed by atoms with van der Waals surface area (Å²) in [6, 6.07) is 3.04. The van der Waals surface area contributed by atoms with E-state index in [2.05, 4.69) is 0 Å². The predicted molar refractivity (Wildman–Crippen MR) is 60.4 cm³/mol. The van der Waals surface area contributed by atoms with E-state index in [1.807, 2.05) is 0 Å². The molecule has 0 saturated heterocycles. The van der Waals surface area contributed by atoms with Crippen LogP contribution in [0.5, 0.6) is 5.75 Å². The fourth-order valence-electron chi connectivity index (χ4n) is 1.54. The van der Waals surface area contributed by atoms with Gasteiger partial charge in [0, 0.05) is 12.3 Å². The molecule has 7 heteroatoms. The molecule has 1 atom stereocenters. The third-order valence-electron chi connectivity index (χ3n) is 2.19. The summed E-state index contributed by atoms with van der Waals surface area (Å²) in [6.07, 6.45) is 0.519. The summed E-state index contributed by atoms with van der Waals surface area (Å²) in [4.78, 5) is 10.2. The van der Waals surface area contributed by atoms with Gasteiger partial charge in [0.2, 0.25) is 0 Å². The molecule has 0 fully saturated rings. The van der Waals surface area contributed by atoms with E-state index in [4.69, 9.17) is 10.8 Å². The molecule has 4 N–H and O–H groups in total. The van der Waals surface area contributed by atoms with E-state index < -0.39 is 34.0 Å². The maximum atomic E-state index is 11.5. The first-order chi connectivity index (χ1) is 7.73. The van der Waals surface area contributed by atoms with Crippen LogP contribution < -0.4 is 5.73 Å². The lowest BCUT2D eigenvalue weighted by Gasteiger charge is -2.14. The van der Waals surface area contributed by atoms with Crippen LogP contribution in [0.4, 0.5) is 0 Å². The van der Waals surface area contributed by atoms with E-state index in [1.54, 1.807) is 0 Å². The summed E-state index contributed by atoms with van der Waals surface area (Å²) in [5, 5.41) is 18.1. The van der Waals surface area contributed by atoms with E-state index in [9.17, 15) is 18.3 Å². The van der Waals surface area contributed by atoms with Crippen LogP contribution in [0.1, 0.15) is 18.0 Å². The van der Waals surface area contributed by atoms with Crippen molar-refractivity contribution in [2.75, 3.05) is 6.26 Å². The number of benzene rings is 1. The third kappa shape index (κ3) is 3.18. The molecule has 1 aromatic carbocycles. The average molecular weight is 259 g/mol. The lowest BCUT2D eigenvalue weighted by molar-refractivity contribution is -0.137. The topological polar surface area (TPSA) is 118 Å². The predicted octanol–water partition coefficient (Wildman–Crippen LogP) is 0.270. The summed E-state index contributed by atoms with van der Waals surface area (Å²) in [7, 11) is -3.67. The molecule has 17 heavy (non-hydrogen) atoms. The lowest BCUT2D eigenvalue weighted by Crippen LogP contribution is -2.18. The van der Waals surface area contributed by atoms with Gasteiger partial charge in [-0.05, 0) is 11.6 Å². The van der Waals surface area contributed by atoms with Crippen molar-refractivity contribution in [1.29, 1.82) is 0 Å². The molecule has 0 radical (unpaired) electrons. The smallest absolute Gasteiger partial charge is 0.305 e. The number of phenolic OH excluding ortho intramolecular Hbond substituents is 1. The van der Waals surface area contributed by atoms with Crippen LogP contribution in [-0.2, 0) is 14.6 Å². The minimum atomic E-state index is -3.67. The van der Waals surface area contributed by atoms with E-state index >= 15 is 0 Å². The Kier molecular flexibility index (Phi) is 3.74. The zero-order valence-corrected chi connectivity index (χ0v) is 9.94. The maximum absolute atomic E-state index is 11.5. The number of phenols is 1. The normalized spacial score (nSPS) is 13.3. The first kappa shape index (κ1) is 13.5. The Labute approximate surface area is 98.6 Å². The minimum Gasteiger partial charge on any atom is -0.507 e. The molecule has 0 heterocycles. The van der Waals surface area contributed by atoms with Crippen molar-refractivity contribution in [2.24, 2.45) is 5.73 Å². The van der Waals surface area contributed by atoms with Crippen molar-refractivity contribution in [3.05, 3.63) is 23.8 Å². The van der Waals surface area contributed by atoms with Crippen LogP contribution >= 0.6 is 0 Å². The molecule has 0 aliphatic heterocycles. The molecule has 0 spiro atoms. The van der Waals surface area contributed by atoms with Crippen LogP contribution in [0.15, 0.2) is 23.1 Å². The molecule has 0 saturated carbocycles. The standard InChI is InChI=1S/C10H13NO5S/c1-17(15,16)10-6(3-2-4-8(10)12)7(11)5-9(13)14/h2-4,7,12H,5,11H2,1H3,(H,13,14). The van der Waals surface area contributed by atoms with E-state index in [0.29, 0.717) is 0 Å². The van der Waals surface area contributed by atoms with Gasteiger partial charge in [0.15, 0.2) is 9.84 Å². The molecule has 1 rings (SSSR count). The summed E-state index contributed by atoms with van der Waals surface area (Å²) in [5.74, 6) is -1.56. The number of carboxylic acid groups (broad SMARTS) is 1. The number of carbonyl (C=O) groups is 1. The molecule has 1 unspecified atom stereocenters. The Morgan fingerprint density at radius 3 is 2.53 bits per heavy atom. The van der Waals surface area contributed by atoms with Gasteiger partial charge >= 0.3 is 5.97 Å². The second-order valence-electron chi connectivity index (χ2n) is 3.67. The second-order valence-corrected chi connectivity index (χ2v) is 5.62. The van der Waals surface area contributed by atoms with Crippen LogP contribution in [0.2, 0.25) is 0 Å². The fraction of sp³-hybridized carbons (Fsp3) is 0.300. The molecular weight excluding hydrogens is 246 g/mol. The zero-order valence-electron chi connectivity index (χ0n) is 9.12. The minimum absolute atomic E-state index is 0.106. The average Bonchev–Trinajstić information content (AvgIpc) is 2.14. The molecule has 0 bridgehead atoms. The van der Waals surface area contributed by atoms with Gasteiger partial charge in [-0.15, -0.1) is 0 Å².